The SMILES string of the molecule is O=C(CCl)OC1OC1CCl. The van der Waals surface area contributed by atoms with Crippen molar-refractivity contribution in [3.05, 3.63) is 0 Å². The predicted octanol–water partition coefficient (Wildman–Crippen LogP) is 0.732. The fourth-order valence-corrected chi connectivity index (χ4v) is 0.782. The number of esters is 1. The van der Waals surface area contributed by atoms with Crippen LogP contribution in [0.25, 0.3) is 0 Å². The van der Waals surface area contributed by atoms with Crippen LogP contribution in [0.2, 0.25) is 0 Å². The molecule has 1 fully saturated rings. The van der Waals surface area contributed by atoms with Gasteiger partial charge in [-0.2, -0.15) is 0 Å². The number of halogens is 2. The Hall–Kier alpha value is 0.01000. The monoisotopic (exact) mass is 184 g/mol. The van der Waals surface area contributed by atoms with Gasteiger partial charge in [-0.1, -0.05) is 0 Å². The number of carbonyl (C=O) groups excluding carboxylic acids is 1. The van der Waals surface area contributed by atoms with Crippen LogP contribution in [-0.2, 0) is 14.3 Å². The molecule has 1 aliphatic rings. The number of rotatable bonds is 3. The molecule has 1 heterocycles. The molecule has 0 bridgehead atoms. The smallest absolute Gasteiger partial charge is 0.323 e. The van der Waals surface area contributed by atoms with Crippen molar-refractivity contribution in [2.45, 2.75) is 12.4 Å². The first kappa shape index (κ1) is 8.11. The van der Waals surface area contributed by atoms with E-state index >= 15 is 0 Å². The second kappa shape index (κ2) is 3.42. The largest absolute Gasteiger partial charge is 0.432 e. The maximum atomic E-state index is 10.4. The lowest BCUT2D eigenvalue weighted by molar-refractivity contribution is -0.145. The summed E-state index contributed by atoms with van der Waals surface area (Å²) in [6.45, 7) is 0. The molecule has 2 unspecified atom stereocenters. The van der Waals surface area contributed by atoms with Gasteiger partial charge in [-0.25, -0.2) is 0 Å². The van der Waals surface area contributed by atoms with Crippen molar-refractivity contribution in [2.24, 2.45) is 0 Å². The molecule has 0 aromatic heterocycles. The summed E-state index contributed by atoms with van der Waals surface area (Å²) < 4.78 is 9.44. The van der Waals surface area contributed by atoms with Crippen LogP contribution in [0.1, 0.15) is 0 Å². The molecule has 0 radical (unpaired) electrons. The van der Waals surface area contributed by atoms with Gasteiger partial charge in [0.15, 0.2) is 0 Å². The van der Waals surface area contributed by atoms with Crippen LogP contribution in [0.4, 0.5) is 0 Å². The molecule has 1 rings (SSSR count). The molecule has 5 heteroatoms. The molecule has 0 amide bonds. The minimum atomic E-state index is -0.473. The molecular formula is C5H6Cl2O3. The number of ether oxygens (including phenoxy) is 2. The Bertz CT molecular complexity index is 139. The first-order valence-corrected chi connectivity index (χ1v) is 3.81. The molecule has 58 valence electrons. The second-order valence-corrected chi connectivity index (χ2v) is 2.40. The number of hydrogen-bond acceptors (Lipinski definition) is 3. The Morgan fingerprint density at radius 3 is 2.70 bits per heavy atom. The van der Waals surface area contributed by atoms with Gasteiger partial charge in [0.2, 0.25) is 6.29 Å². The van der Waals surface area contributed by atoms with Crippen LogP contribution in [-0.4, -0.2) is 30.1 Å². The highest BCUT2D eigenvalue weighted by Crippen LogP contribution is 2.24. The molecule has 1 aliphatic heterocycles. The Kier molecular flexibility index (Phi) is 2.77. The zero-order valence-electron chi connectivity index (χ0n) is 5.05. The topological polar surface area (TPSA) is 38.8 Å². The molecular weight excluding hydrogens is 179 g/mol. The summed E-state index contributed by atoms with van der Waals surface area (Å²) in [6, 6.07) is 0. The lowest BCUT2D eigenvalue weighted by atomic mass is 10.5. The Morgan fingerprint density at radius 2 is 2.30 bits per heavy atom. The Morgan fingerprint density at radius 1 is 1.60 bits per heavy atom. The van der Waals surface area contributed by atoms with Crippen LogP contribution in [0.15, 0.2) is 0 Å². The van der Waals surface area contributed by atoms with Crippen LogP contribution < -0.4 is 0 Å². The summed E-state index contributed by atoms with van der Waals surface area (Å²) in [5.74, 6) is -0.269. The van der Waals surface area contributed by atoms with E-state index in [1.807, 2.05) is 0 Å². The van der Waals surface area contributed by atoms with Crippen molar-refractivity contribution >= 4 is 29.2 Å². The maximum Gasteiger partial charge on any atom is 0.323 e. The average molecular weight is 185 g/mol. The number of hydrogen-bond donors (Lipinski definition) is 0. The van der Waals surface area contributed by atoms with Gasteiger partial charge in [0, 0.05) is 0 Å². The van der Waals surface area contributed by atoms with E-state index in [2.05, 4.69) is 4.74 Å². The van der Waals surface area contributed by atoms with Crippen molar-refractivity contribution < 1.29 is 14.3 Å². The standard InChI is InChI=1S/C5H6Cl2O3/c6-1-3-5(9-3)10-4(8)2-7/h3,5H,1-2H2. The Balaban J connectivity index is 2.11. The minimum Gasteiger partial charge on any atom is -0.432 e. The van der Waals surface area contributed by atoms with E-state index in [1.165, 1.54) is 0 Å². The van der Waals surface area contributed by atoms with Gasteiger partial charge in [-0.15, -0.1) is 23.2 Å². The molecule has 3 nitrogen and oxygen atoms in total. The van der Waals surface area contributed by atoms with E-state index in [1.54, 1.807) is 0 Å². The van der Waals surface area contributed by atoms with Crippen molar-refractivity contribution in [3.8, 4) is 0 Å². The van der Waals surface area contributed by atoms with Crippen LogP contribution in [0.5, 0.6) is 0 Å². The van der Waals surface area contributed by atoms with E-state index < -0.39 is 12.3 Å². The maximum absolute atomic E-state index is 10.4. The fraction of sp³-hybridized carbons (Fsp3) is 0.800. The summed E-state index contributed by atoms with van der Waals surface area (Å²) in [6.07, 6.45) is -0.586. The van der Waals surface area contributed by atoms with Crippen LogP contribution in [0, 0.1) is 0 Å². The summed E-state index contributed by atoms with van der Waals surface area (Å²) in [5, 5.41) is 0. The average Bonchev–Trinajstić information content (AvgIpc) is 2.67. The van der Waals surface area contributed by atoms with E-state index in [-0.39, 0.29) is 12.0 Å². The normalized spacial score (nSPS) is 29.8. The van der Waals surface area contributed by atoms with Crippen molar-refractivity contribution in [2.75, 3.05) is 11.8 Å². The third kappa shape index (κ3) is 2.01. The molecule has 0 aromatic rings. The van der Waals surface area contributed by atoms with Crippen LogP contribution >= 0.6 is 23.2 Å². The predicted molar refractivity (Wildman–Crippen MR) is 36.2 cm³/mol. The van der Waals surface area contributed by atoms with Crippen molar-refractivity contribution in [1.29, 1.82) is 0 Å². The quantitative estimate of drug-likeness (QED) is 0.369. The van der Waals surface area contributed by atoms with Gasteiger partial charge in [0.25, 0.3) is 0 Å². The van der Waals surface area contributed by atoms with Gasteiger partial charge >= 0.3 is 5.97 Å². The molecule has 0 N–H and O–H groups in total. The summed E-state index contributed by atoms with van der Waals surface area (Å²) in [4.78, 5) is 10.4. The van der Waals surface area contributed by atoms with Gasteiger partial charge in [0.05, 0.1) is 5.88 Å². The molecule has 2 atom stereocenters. The third-order valence-corrected chi connectivity index (χ3v) is 1.57. The molecule has 0 spiro atoms. The number of epoxide rings is 1. The molecule has 10 heavy (non-hydrogen) atoms. The van der Waals surface area contributed by atoms with Crippen molar-refractivity contribution in [1.82, 2.24) is 0 Å². The molecule has 1 saturated heterocycles. The number of alkyl halides is 2. The highest BCUT2D eigenvalue weighted by atomic mass is 35.5. The highest BCUT2D eigenvalue weighted by Gasteiger charge is 2.41. The van der Waals surface area contributed by atoms with E-state index in [9.17, 15) is 4.79 Å². The van der Waals surface area contributed by atoms with Crippen LogP contribution in [0.3, 0.4) is 0 Å². The zero-order chi connectivity index (χ0) is 7.56. The van der Waals surface area contributed by atoms with E-state index in [0.717, 1.165) is 0 Å². The summed E-state index contributed by atoms with van der Waals surface area (Å²) in [5.41, 5.74) is 0. The van der Waals surface area contributed by atoms with Crippen molar-refractivity contribution in [3.63, 3.8) is 0 Å². The first-order valence-electron chi connectivity index (χ1n) is 2.75. The first-order chi connectivity index (χ1) is 4.77. The number of carbonyl (C=O) groups is 1. The van der Waals surface area contributed by atoms with E-state index in [0.29, 0.717) is 5.88 Å². The fourth-order valence-electron chi connectivity index (χ4n) is 0.501. The van der Waals surface area contributed by atoms with Gasteiger partial charge < -0.3 is 9.47 Å². The third-order valence-electron chi connectivity index (χ3n) is 1.04. The summed E-state index contributed by atoms with van der Waals surface area (Å²) in [7, 11) is 0. The lowest BCUT2D eigenvalue weighted by Gasteiger charge is -1.94. The zero-order valence-corrected chi connectivity index (χ0v) is 6.56. The minimum absolute atomic E-state index is 0.131. The summed E-state index contributed by atoms with van der Waals surface area (Å²) >= 11 is 10.5. The molecule has 0 saturated carbocycles. The van der Waals surface area contributed by atoms with Gasteiger partial charge in [-0.3, -0.25) is 4.79 Å². The Labute approximate surface area is 68.2 Å². The van der Waals surface area contributed by atoms with Gasteiger partial charge in [0.1, 0.15) is 12.0 Å². The molecule has 0 aliphatic carbocycles. The second-order valence-electron chi connectivity index (χ2n) is 1.82. The van der Waals surface area contributed by atoms with E-state index in [4.69, 9.17) is 27.9 Å². The van der Waals surface area contributed by atoms with Gasteiger partial charge in [-0.05, 0) is 0 Å². The molecule has 0 aromatic carbocycles. The lowest BCUT2D eigenvalue weighted by Crippen LogP contribution is -2.10. The highest BCUT2D eigenvalue weighted by molar-refractivity contribution is 6.26.